The van der Waals surface area contributed by atoms with E-state index < -0.39 is 0 Å². The smallest absolute Gasteiger partial charge is 0.0912 e. The molecule has 1 saturated carbocycles. The lowest BCUT2D eigenvalue weighted by Crippen LogP contribution is -2.14. The lowest BCUT2D eigenvalue weighted by atomic mass is 9.96. The molecule has 0 spiro atoms. The maximum absolute atomic E-state index is 9.78. The van der Waals surface area contributed by atoms with Gasteiger partial charge in [0.1, 0.15) is 0 Å². The van der Waals surface area contributed by atoms with Gasteiger partial charge in [-0.15, -0.1) is 0 Å². The van der Waals surface area contributed by atoms with Gasteiger partial charge in [-0.25, -0.2) is 0 Å². The molecule has 68 valence electrons. The van der Waals surface area contributed by atoms with Crippen molar-refractivity contribution >= 4 is 0 Å². The van der Waals surface area contributed by atoms with Crippen molar-refractivity contribution in [3.8, 4) is 0 Å². The van der Waals surface area contributed by atoms with Crippen LogP contribution in [0.1, 0.15) is 32.6 Å². The molecule has 0 radical (unpaired) electrons. The van der Waals surface area contributed by atoms with Crippen molar-refractivity contribution in [2.45, 2.75) is 38.7 Å². The van der Waals surface area contributed by atoms with Gasteiger partial charge in [0, 0.05) is 6.42 Å². The van der Waals surface area contributed by atoms with E-state index >= 15 is 0 Å². The molecule has 12 heavy (non-hydrogen) atoms. The molecule has 1 atom stereocenters. The zero-order chi connectivity index (χ0) is 8.60. The second-order valence-electron chi connectivity index (χ2n) is 4.34. The van der Waals surface area contributed by atoms with Crippen LogP contribution in [0.4, 0.5) is 0 Å². The van der Waals surface area contributed by atoms with Crippen LogP contribution >= 0.6 is 0 Å². The Bertz CT molecular complexity index is 204. The van der Waals surface area contributed by atoms with Crippen LogP contribution in [0, 0.1) is 5.41 Å². The summed E-state index contributed by atoms with van der Waals surface area (Å²) in [7, 11) is 0. The molecule has 2 nitrogen and oxygen atoms in total. The fourth-order valence-corrected chi connectivity index (χ4v) is 1.66. The molecule has 0 saturated heterocycles. The van der Waals surface area contributed by atoms with Gasteiger partial charge in [0.15, 0.2) is 0 Å². The van der Waals surface area contributed by atoms with Gasteiger partial charge in [-0.05, 0) is 30.3 Å². The molecule has 0 aromatic rings. The predicted octanol–water partition coefficient (Wildman–Crippen LogP) is 1.84. The van der Waals surface area contributed by atoms with Crippen LogP contribution in [0.2, 0.25) is 0 Å². The molecule has 0 bridgehead atoms. The quantitative estimate of drug-likeness (QED) is 0.696. The Hall–Kier alpha value is -0.500. The molecule has 1 unspecified atom stereocenters. The minimum absolute atomic E-state index is 0.250. The van der Waals surface area contributed by atoms with Crippen molar-refractivity contribution in [3.63, 3.8) is 0 Å². The van der Waals surface area contributed by atoms with Gasteiger partial charge in [-0.2, -0.15) is 0 Å². The molecule has 0 aromatic heterocycles. The van der Waals surface area contributed by atoms with Crippen molar-refractivity contribution < 1.29 is 9.84 Å². The summed E-state index contributed by atoms with van der Waals surface area (Å²) < 4.78 is 5.09. The van der Waals surface area contributed by atoms with E-state index in [-0.39, 0.29) is 6.10 Å². The lowest BCUT2D eigenvalue weighted by molar-refractivity contribution is 0.171. The topological polar surface area (TPSA) is 29.5 Å². The first-order valence-corrected chi connectivity index (χ1v) is 4.68. The molecule has 1 fully saturated rings. The van der Waals surface area contributed by atoms with Crippen LogP contribution in [0.5, 0.6) is 0 Å². The molecular weight excluding hydrogens is 152 g/mol. The van der Waals surface area contributed by atoms with Gasteiger partial charge >= 0.3 is 0 Å². The summed E-state index contributed by atoms with van der Waals surface area (Å²) in [6.45, 7) is 3.00. The highest BCUT2D eigenvalue weighted by Crippen LogP contribution is 2.49. The fourth-order valence-electron chi connectivity index (χ4n) is 1.66. The van der Waals surface area contributed by atoms with Crippen molar-refractivity contribution in [1.29, 1.82) is 0 Å². The average Bonchev–Trinajstić information content (AvgIpc) is 2.55. The van der Waals surface area contributed by atoms with Crippen molar-refractivity contribution in [1.82, 2.24) is 0 Å². The van der Waals surface area contributed by atoms with Crippen molar-refractivity contribution in [2.24, 2.45) is 5.41 Å². The second kappa shape index (κ2) is 2.77. The number of hydrogen-bond acceptors (Lipinski definition) is 2. The summed E-state index contributed by atoms with van der Waals surface area (Å²) in [5, 5.41) is 9.78. The van der Waals surface area contributed by atoms with E-state index in [1.54, 1.807) is 6.26 Å². The van der Waals surface area contributed by atoms with Gasteiger partial charge in [-0.1, -0.05) is 6.92 Å². The van der Waals surface area contributed by atoms with Gasteiger partial charge in [0.25, 0.3) is 0 Å². The van der Waals surface area contributed by atoms with E-state index in [0.717, 1.165) is 25.0 Å². The normalized spacial score (nSPS) is 27.7. The Morgan fingerprint density at radius 2 is 2.42 bits per heavy atom. The van der Waals surface area contributed by atoms with Gasteiger partial charge in [0.2, 0.25) is 0 Å². The van der Waals surface area contributed by atoms with Crippen molar-refractivity contribution in [2.75, 3.05) is 6.61 Å². The molecule has 2 aliphatic rings. The molecule has 1 heterocycles. The van der Waals surface area contributed by atoms with Crippen LogP contribution in [0.15, 0.2) is 11.8 Å². The monoisotopic (exact) mass is 168 g/mol. The van der Waals surface area contributed by atoms with Crippen LogP contribution in [0.3, 0.4) is 0 Å². The maximum atomic E-state index is 9.78. The first-order chi connectivity index (χ1) is 5.70. The van der Waals surface area contributed by atoms with E-state index in [9.17, 15) is 5.11 Å². The standard InChI is InChI=1S/C10H16O2/c1-10(3-4-10)6-9(11)8-2-5-12-7-8/h7,9,11H,2-6H2,1H3. The predicted molar refractivity (Wildman–Crippen MR) is 46.6 cm³/mol. The largest absolute Gasteiger partial charge is 0.501 e. The summed E-state index contributed by atoms with van der Waals surface area (Å²) in [4.78, 5) is 0. The Morgan fingerprint density at radius 3 is 2.92 bits per heavy atom. The summed E-state index contributed by atoms with van der Waals surface area (Å²) in [5.74, 6) is 0. The number of ether oxygens (including phenoxy) is 1. The second-order valence-corrected chi connectivity index (χ2v) is 4.34. The average molecular weight is 168 g/mol. The molecule has 0 aromatic carbocycles. The first kappa shape index (κ1) is 8.11. The Kier molecular flexibility index (Phi) is 1.87. The highest BCUT2D eigenvalue weighted by atomic mass is 16.5. The summed E-state index contributed by atoms with van der Waals surface area (Å²) in [6.07, 6.45) is 5.87. The molecular formula is C10H16O2. The van der Waals surface area contributed by atoms with Gasteiger partial charge < -0.3 is 9.84 Å². The Labute approximate surface area is 73.2 Å². The highest BCUT2D eigenvalue weighted by Gasteiger charge is 2.39. The fraction of sp³-hybridized carbons (Fsp3) is 0.800. The first-order valence-electron chi connectivity index (χ1n) is 4.68. The zero-order valence-corrected chi connectivity index (χ0v) is 7.55. The van der Waals surface area contributed by atoms with E-state index in [1.807, 2.05) is 0 Å². The number of aliphatic hydroxyl groups excluding tert-OH is 1. The van der Waals surface area contributed by atoms with Crippen LogP contribution in [-0.4, -0.2) is 17.8 Å². The minimum atomic E-state index is -0.250. The molecule has 2 rings (SSSR count). The van der Waals surface area contributed by atoms with Crippen LogP contribution in [-0.2, 0) is 4.74 Å². The van der Waals surface area contributed by atoms with E-state index in [4.69, 9.17) is 4.74 Å². The van der Waals surface area contributed by atoms with Crippen LogP contribution < -0.4 is 0 Å². The Balaban J connectivity index is 1.87. The van der Waals surface area contributed by atoms with Gasteiger partial charge in [0.05, 0.1) is 19.0 Å². The highest BCUT2D eigenvalue weighted by molar-refractivity contribution is 5.10. The Morgan fingerprint density at radius 1 is 1.67 bits per heavy atom. The SMILES string of the molecule is CC1(CC(O)C2=COCC2)CC1. The molecule has 2 heteroatoms. The summed E-state index contributed by atoms with van der Waals surface area (Å²) in [6, 6.07) is 0. The van der Waals surface area contributed by atoms with E-state index in [2.05, 4.69) is 6.92 Å². The maximum Gasteiger partial charge on any atom is 0.0912 e. The van der Waals surface area contributed by atoms with E-state index in [0.29, 0.717) is 5.41 Å². The zero-order valence-electron chi connectivity index (χ0n) is 7.55. The third-order valence-electron chi connectivity index (χ3n) is 2.96. The lowest BCUT2D eigenvalue weighted by Gasteiger charge is -2.14. The number of aliphatic hydroxyl groups is 1. The molecule has 1 N–H and O–H groups in total. The summed E-state index contributed by atoms with van der Waals surface area (Å²) >= 11 is 0. The third-order valence-corrected chi connectivity index (χ3v) is 2.96. The van der Waals surface area contributed by atoms with Crippen molar-refractivity contribution in [3.05, 3.63) is 11.8 Å². The van der Waals surface area contributed by atoms with Crippen LogP contribution in [0.25, 0.3) is 0 Å². The number of hydrogen-bond donors (Lipinski definition) is 1. The van der Waals surface area contributed by atoms with E-state index in [1.165, 1.54) is 12.8 Å². The summed E-state index contributed by atoms with van der Waals surface area (Å²) in [5.41, 5.74) is 1.52. The third kappa shape index (κ3) is 1.63. The van der Waals surface area contributed by atoms with Gasteiger partial charge in [-0.3, -0.25) is 0 Å². The minimum Gasteiger partial charge on any atom is -0.501 e. The molecule has 1 aliphatic heterocycles. The number of rotatable bonds is 3. The molecule has 0 amide bonds. The molecule has 1 aliphatic carbocycles.